The Kier molecular flexibility index (Phi) is 2.22. The molecule has 1 saturated heterocycles. The standard InChI is InChI=1S/C10H12ClN/c11-9-4-3-5-10(8-9)12-6-1-2-7-12/h3-5,8H,1-2,6-7H2. The molecule has 0 unspecified atom stereocenters. The molecule has 0 spiro atoms. The molecule has 0 amide bonds. The SMILES string of the molecule is Clc1cccc(N2CCCC2)c1. The van der Waals surface area contributed by atoms with E-state index < -0.39 is 0 Å². The molecule has 0 N–H and O–H groups in total. The van der Waals surface area contributed by atoms with Gasteiger partial charge in [-0.3, -0.25) is 0 Å². The van der Waals surface area contributed by atoms with Crippen molar-refractivity contribution in [2.24, 2.45) is 0 Å². The lowest BCUT2D eigenvalue weighted by Gasteiger charge is -2.17. The minimum Gasteiger partial charge on any atom is -0.371 e. The topological polar surface area (TPSA) is 3.24 Å². The summed E-state index contributed by atoms with van der Waals surface area (Å²) in [5, 5.41) is 0.833. The molecule has 1 heterocycles. The highest BCUT2D eigenvalue weighted by Gasteiger charge is 2.11. The second-order valence-electron chi connectivity index (χ2n) is 3.17. The Morgan fingerprint density at radius 1 is 1.17 bits per heavy atom. The third kappa shape index (κ3) is 1.56. The number of benzene rings is 1. The quantitative estimate of drug-likeness (QED) is 0.644. The van der Waals surface area contributed by atoms with Crippen molar-refractivity contribution in [3.8, 4) is 0 Å². The van der Waals surface area contributed by atoms with Crippen molar-refractivity contribution in [3.63, 3.8) is 0 Å². The molecule has 0 aliphatic carbocycles. The van der Waals surface area contributed by atoms with Gasteiger partial charge in [-0.05, 0) is 31.0 Å². The van der Waals surface area contributed by atoms with Gasteiger partial charge in [0.15, 0.2) is 0 Å². The highest BCUT2D eigenvalue weighted by atomic mass is 35.5. The summed E-state index contributed by atoms with van der Waals surface area (Å²) in [4.78, 5) is 2.38. The number of anilines is 1. The van der Waals surface area contributed by atoms with Crippen LogP contribution in [0.3, 0.4) is 0 Å². The summed E-state index contributed by atoms with van der Waals surface area (Å²) >= 11 is 5.90. The van der Waals surface area contributed by atoms with Crippen LogP contribution in [0.4, 0.5) is 5.69 Å². The predicted molar refractivity (Wildman–Crippen MR) is 52.9 cm³/mol. The van der Waals surface area contributed by atoms with E-state index in [1.165, 1.54) is 31.6 Å². The van der Waals surface area contributed by atoms with Crippen molar-refractivity contribution in [1.29, 1.82) is 0 Å². The highest BCUT2D eigenvalue weighted by molar-refractivity contribution is 6.30. The molecule has 0 radical (unpaired) electrons. The molecule has 2 rings (SSSR count). The number of nitrogens with zero attached hydrogens (tertiary/aromatic N) is 1. The Balaban J connectivity index is 2.21. The van der Waals surface area contributed by atoms with Crippen LogP contribution in [-0.4, -0.2) is 13.1 Å². The molecule has 0 atom stereocenters. The van der Waals surface area contributed by atoms with Gasteiger partial charge in [0.05, 0.1) is 0 Å². The largest absolute Gasteiger partial charge is 0.371 e. The minimum absolute atomic E-state index is 0.833. The lowest BCUT2D eigenvalue weighted by molar-refractivity contribution is 0.949. The molecule has 1 nitrogen and oxygen atoms in total. The fourth-order valence-corrected chi connectivity index (χ4v) is 1.83. The smallest absolute Gasteiger partial charge is 0.0426 e. The van der Waals surface area contributed by atoms with Crippen LogP contribution in [0.15, 0.2) is 24.3 Å². The zero-order valence-electron chi connectivity index (χ0n) is 6.96. The van der Waals surface area contributed by atoms with Crippen LogP contribution in [0.5, 0.6) is 0 Å². The average molecular weight is 182 g/mol. The van der Waals surface area contributed by atoms with Gasteiger partial charge in [0.25, 0.3) is 0 Å². The molecule has 0 saturated carbocycles. The summed E-state index contributed by atoms with van der Waals surface area (Å²) < 4.78 is 0. The van der Waals surface area contributed by atoms with Crippen molar-refractivity contribution >= 4 is 17.3 Å². The van der Waals surface area contributed by atoms with Gasteiger partial charge in [-0.25, -0.2) is 0 Å². The van der Waals surface area contributed by atoms with Crippen LogP contribution in [0, 0.1) is 0 Å². The normalized spacial score (nSPS) is 16.9. The van der Waals surface area contributed by atoms with Crippen LogP contribution in [0.2, 0.25) is 5.02 Å². The van der Waals surface area contributed by atoms with Crippen molar-refractivity contribution < 1.29 is 0 Å². The first-order valence-corrected chi connectivity index (χ1v) is 4.74. The van der Waals surface area contributed by atoms with Crippen LogP contribution >= 0.6 is 11.6 Å². The zero-order chi connectivity index (χ0) is 8.39. The van der Waals surface area contributed by atoms with Gasteiger partial charge in [-0.15, -0.1) is 0 Å². The molecule has 1 aliphatic rings. The molecule has 0 aromatic heterocycles. The maximum absolute atomic E-state index is 5.90. The first kappa shape index (κ1) is 7.93. The summed E-state index contributed by atoms with van der Waals surface area (Å²) in [6, 6.07) is 8.08. The van der Waals surface area contributed by atoms with E-state index in [1.807, 2.05) is 18.2 Å². The summed E-state index contributed by atoms with van der Waals surface area (Å²) in [5.74, 6) is 0. The first-order chi connectivity index (χ1) is 5.86. The summed E-state index contributed by atoms with van der Waals surface area (Å²) in [6.45, 7) is 2.36. The molecule has 1 fully saturated rings. The molecular weight excluding hydrogens is 170 g/mol. The van der Waals surface area contributed by atoms with E-state index in [2.05, 4.69) is 11.0 Å². The number of rotatable bonds is 1. The second kappa shape index (κ2) is 3.36. The van der Waals surface area contributed by atoms with Gasteiger partial charge >= 0.3 is 0 Å². The molecule has 64 valence electrons. The van der Waals surface area contributed by atoms with E-state index >= 15 is 0 Å². The van der Waals surface area contributed by atoms with Gasteiger partial charge in [0.1, 0.15) is 0 Å². The molecule has 2 heteroatoms. The highest BCUT2D eigenvalue weighted by Crippen LogP contribution is 2.22. The maximum atomic E-state index is 5.90. The monoisotopic (exact) mass is 181 g/mol. The van der Waals surface area contributed by atoms with Gasteiger partial charge < -0.3 is 4.90 Å². The van der Waals surface area contributed by atoms with Gasteiger partial charge in [0.2, 0.25) is 0 Å². The average Bonchev–Trinajstić information content (AvgIpc) is 2.56. The van der Waals surface area contributed by atoms with Gasteiger partial charge in [-0.1, -0.05) is 17.7 Å². The van der Waals surface area contributed by atoms with E-state index in [0.717, 1.165) is 5.02 Å². The van der Waals surface area contributed by atoms with Crippen molar-refractivity contribution in [3.05, 3.63) is 29.3 Å². The fraction of sp³-hybridized carbons (Fsp3) is 0.400. The second-order valence-corrected chi connectivity index (χ2v) is 3.61. The third-order valence-corrected chi connectivity index (χ3v) is 2.51. The zero-order valence-corrected chi connectivity index (χ0v) is 7.72. The Morgan fingerprint density at radius 2 is 1.92 bits per heavy atom. The van der Waals surface area contributed by atoms with Crippen LogP contribution < -0.4 is 4.90 Å². The summed E-state index contributed by atoms with van der Waals surface area (Å²) in [7, 11) is 0. The lowest BCUT2D eigenvalue weighted by Crippen LogP contribution is -2.17. The molecule has 1 aliphatic heterocycles. The summed E-state index contributed by atoms with van der Waals surface area (Å²) in [6.07, 6.45) is 2.62. The fourth-order valence-electron chi connectivity index (χ4n) is 1.65. The molecule has 12 heavy (non-hydrogen) atoms. The van der Waals surface area contributed by atoms with E-state index in [9.17, 15) is 0 Å². The summed E-state index contributed by atoms with van der Waals surface area (Å²) in [5.41, 5.74) is 1.26. The van der Waals surface area contributed by atoms with Gasteiger partial charge in [-0.2, -0.15) is 0 Å². The number of hydrogen-bond acceptors (Lipinski definition) is 1. The number of hydrogen-bond donors (Lipinski definition) is 0. The molecule has 0 bridgehead atoms. The van der Waals surface area contributed by atoms with Crippen molar-refractivity contribution in [2.45, 2.75) is 12.8 Å². The Hall–Kier alpha value is -0.690. The van der Waals surface area contributed by atoms with Crippen molar-refractivity contribution in [1.82, 2.24) is 0 Å². The van der Waals surface area contributed by atoms with E-state index in [0.29, 0.717) is 0 Å². The molecule has 1 aromatic rings. The van der Waals surface area contributed by atoms with Crippen LogP contribution in [0.1, 0.15) is 12.8 Å². The predicted octanol–water partition coefficient (Wildman–Crippen LogP) is 2.94. The van der Waals surface area contributed by atoms with E-state index in [4.69, 9.17) is 11.6 Å². The number of halogens is 1. The lowest BCUT2D eigenvalue weighted by atomic mass is 10.3. The van der Waals surface area contributed by atoms with Gasteiger partial charge in [0, 0.05) is 23.8 Å². The third-order valence-electron chi connectivity index (χ3n) is 2.28. The van der Waals surface area contributed by atoms with Crippen LogP contribution in [0.25, 0.3) is 0 Å². The first-order valence-electron chi connectivity index (χ1n) is 4.37. The Labute approximate surface area is 77.9 Å². The van der Waals surface area contributed by atoms with Crippen LogP contribution in [-0.2, 0) is 0 Å². The molecular formula is C10H12ClN. The Bertz CT molecular complexity index is 266. The maximum Gasteiger partial charge on any atom is 0.0426 e. The van der Waals surface area contributed by atoms with E-state index in [-0.39, 0.29) is 0 Å². The molecule has 1 aromatic carbocycles. The van der Waals surface area contributed by atoms with E-state index in [1.54, 1.807) is 0 Å². The Morgan fingerprint density at radius 3 is 2.58 bits per heavy atom. The van der Waals surface area contributed by atoms with Crippen molar-refractivity contribution in [2.75, 3.05) is 18.0 Å². The minimum atomic E-state index is 0.833.